The van der Waals surface area contributed by atoms with Crippen LogP contribution < -0.4 is 0 Å². The van der Waals surface area contributed by atoms with Gasteiger partial charge in [-0.15, -0.1) is 0 Å². The van der Waals surface area contributed by atoms with Crippen LogP contribution in [0.15, 0.2) is 24.3 Å². The molecule has 0 radical (unpaired) electrons. The molecule has 0 saturated carbocycles. The number of likely N-dealkylation sites (tertiary alicyclic amines) is 2. The van der Waals surface area contributed by atoms with Crippen LogP contribution in [-0.4, -0.2) is 52.5 Å². The van der Waals surface area contributed by atoms with Crippen molar-refractivity contribution in [1.29, 1.82) is 0 Å². The van der Waals surface area contributed by atoms with E-state index in [0.717, 1.165) is 12.1 Å². The number of alkyl halides is 3. The number of β-amino-alcohol motifs (C(OH)–C–C–N with tert-alkyl or cyclic N) is 1. The molecule has 0 aliphatic carbocycles. The van der Waals surface area contributed by atoms with Gasteiger partial charge in [0, 0.05) is 25.0 Å². The molecule has 2 aliphatic rings. The highest BCUT2D eigenvalue weighted by molar-refractivity contribution is 5.84. The fourth-order valence-electron chi connectivity index (χ4n) is 4.37. The Balaban J connectivity index is 1.80. The van der Waals surface area contributed by atoms with Crippen molar-refractivity contribution in [3.8, 4) is 0 Å². The zero-order chi connectivity index (χ0) is 22.3. The fraction of sp³-hybridized carbons (Fsp3) is 0.636. The lowest BCUT2D eigenvalue weighted by Gasteiger charge is -2.38. The Morgan fingerprint density at radius 2 is 1.83 bits per heavy atom. The first-order chi connectivity index (χ1) is 13.9. The van der Waals surface area contributed by atoms with E-state index < -0.39 is 35.2 Å². The molecule has 3 atom stereocenters. The van der Waals surface area contributed by atoms with Crippen LogP contribution in [0.2, 0.25) is 0 Å². The SMILES string of the molecule is CC(C)(C)C(=O)N1CCC[C@H](C(=O)N2C[C@H](O)C[C@H]2c2cccc(C(F)(F)F)c2)C1. The molecule has 2 aliphatic heterocycles. The quantitative estimate of drug-likeness (QED) is 0.786. The number of aliphatic hydroxyl groups excluding tert-OH is 1. The van der Waals surface area contributed by atoms with E-state index in [2.05, 4.69) is 0 Å². The first-order valence-corrected chi connectivity index (χ1v) is 10.3. The molecule has 8 heteroatoms. The fourth-order valence-corrected chi connectivity index (χ4v) is 4.37. The summed E-state index contributed by atoms with van der Waals surface area (Å²) in [6.45, 7) is 6.49. The van der Waals surface area contributed by atoms with Gasteiger partial charge >= 0.3 is 6.18 Å². The van der Waals surface area contributed by atoms with Crippen molar-refractivity contribution in [2.24, 2.45) is 11.3 Å². The van der Waals surface area contributed by atoms with Gasteiger partial charge in [0.15, 0.2) is 0 Å². The second-order valence-electron chi connectivity index (χ2n) is 9.36. The average Bonchev–Trinajstić information content (AvgIpc) is 3.07. The lowest BCUT2D eigenvalue weighted by atomic mass is 9.90. The smallest absolute Gasteiger partial charge is 0.391 e. The van der Waals surface area contributed by atoms with E-state index in [4.69, 9.17) is 0 Å². The molecule has 2 heterocycles. The Morgan fingerprint density at radius 1 is 1.13 bits per heavy atom. The van der Waals surface area contributed by atoms with Crippen LogP contribution in [-0.2, 0) is 15.8 Å². The lowest BCUT2D eigenvalue weighted by molar-refractivity contribution is -0.145. The van der Waals surface area contributed by atoms with E-state index in [-0.39, 0.29) is 24.8 Å². The molecule has 166 valence electrons. The predicted molar refractivity (Wildman–Crippen MR) is 105 cm³/mol. The summed E-state index contributed by atoms with van der Waals surface area (Å²) in [6.07, 6.45) is -3.74. The van der Waals surface area contributed by atoms with Crippen molar-refractivity contribution in [2.75, 3.05) is 19.6 Å². The summed E-state index contributed by atoms with van der Waals surface area (Å²) in [6, 6.07) is 4.34. The maximum Gasteiger partial charge on any atom is 0.416 e. The van der Waals surface area contributed by atoms with Crippen molar-refractivity contribution in [2.45, 2.75) is 58.4 Å². The maximum atomic E-state index is 13.3. The van der Waals surface area contributed by atoms with Gasteiger partial charge in [0.05, 0.1) is 23.6 Å². The molecule has 2 saturated heterocycles. The van der Waals surface area contributed by atoms with E-state index >= 15 is 0 Å². The van der Waals surface area contributed by atoms with E-state index in [1.54, 1.807) is 11.0 Å². The Morgan fingerprint density at radius 3 is 2.47 bits per heavy atom. The molecule has 0 unspecified atom stereocenters. The number of carbonyl (C=O) groups is 2. The second-order valence-corrected chi connectivity index (χ2v) is 9.36. The van der Waals surface area contributed by atoms with Gasteiger partial charge < -0.3 is 14.9 Å². The summed E-state index contributed by atoms with van der Waals surface area (Å²) in [7, 11) is 0. The van der Waals surface area contributed by atoms with Crippen LogP contribution in [0.3, 0.4) is 0 Å². The third-order valence-electron chi connectivity index (χ3n) is 5.86. The third kappa shape index (κ3) is 4.79. The topological polar surface area (TPSA) is 60.9 Å². The van der Waals surface area contributed by atoms with Crippen LogP contribution in [0.5, 0.6) is 0 Å². The number of amides is 2. The molecule has 3 rings (SSSR count). The van der Waals surface area contributed by atoms with Gasteiger partial charge in [-0.25, -0.2) is 0 Å². The minimum atomic E-state index is -4.47. The summed E-state index contributed by atoms with van der Waals surface area (Å²) in [5, 5.41) is 10.2. The third-order valence-corrected chi connectivity index (χ3v) is 5.86. The largest absolute Gasteiger partial charge is 0.416 e. The highest BCUT2D eigenvalue weighted by Crippen LogP contribution is 2.37. The molecular weight excluding hydrogens is 397 g/mol. The molecule has 0 aromatic heterocycles. The van der Waals surface area contributed by atoms with Crippen LogP contribution in [0, 0.1) is 11.3 Å². The average molecular weight is 426 g/mol. The first kappa shape index (κ1) is 22.6. The molecule has 1 aromatic carbocycles. The summed E-state index contributed by atoms with van der Waals surface area (Å²) in [5.74, 6) is -0.639. The highest BCUT2D eigenvalue weighted by Gasteiger charge is 2.41. The van der Waals surface area contributed by atoms with E-state index in [1.807, 2.05) is 20.8 Å². The zero-order valence-electron chi connectivity index (χ0n) is 17.6. The van der Waals surface area contributed by atoms with E-state index in [9.17, 15) is 27.9 Å². The number of benzene rings is 1. The Labute approximate surface area is 174 Å². The first-order valence-electron chi connectivity index (χ1n) is 10.3. The molecule has 30 heavy (non-hydrogen) atoms. The van der Waals surface area contributed by atoms with Crippen LogP contribution in [0.1, 0.15) is 57.2 Å². The van der Waals surface area contributed by atoms with Gasteiger partial charge in [0.25, 0.3) is 0 Å². The van der Waals surface area contributed by atoms with Gasteiger partial charge in [-0.3, -0.25) is 9.59 Å². The van der Waals surface area contributed by atoms with Gasteiger partial charge in [-0.1, -0.05) is 32.9 Å². The number of halogens is 3. The van der Waals surface area contributed by atoms with Crippen molar-refractivity contribution in [3.63, 3.8) is 0 Å². The number of hydrogen-bond acceptors (Lipinski definition) is 3. The number of aliphatic hydroxyl groups is 1. The lowest BCUT2D eigenvalue weighted by Crippen LogP contribution is -2.49. The number of hydrogen-bond donors (Lipinski definition) is 1. The molecule has 0 spiro atoms. The summed E-state index contributed by atoms with van der Waals surface area (Å²) in [4.78, 5) is 29.1. The molecule has 1 N–H and O–H groups in total. The van der Waals surface area contributed by atoms with Crippen molar-refractivity contribution in [3.05, 3.63) is 35.4 Å². The molecular formula is C22H29F3N2O3. The van der Waals surface area contributed by atoms with Gasteiger partial charge in [0.2, 0.25) is 11.8 Å². The molecule has 5 nitrogen and oxygen atoms in total. The Bertz CT molecular complexity index is 804. The summed E-state index contributed by atoms with van der Waals surface area (Å²) < 4.78 is 39.4. The predicted octanol–water partition coefficient (Wildman–Crippen LogP) is 3.62. The Kier molecular flexibility index (Phi) is 6.18. The molecule has 1 aromatic rings. The standard InChI is InChI=1S/C22H29F3N2O3/c1-21(2,3)20(30)26-9-5-7-15(12-26)19(29)27-13-17(28)11-18(27)14-6-4-8-16(10-14)22(23,24)25/h4,6,8,10,15,17-18,28H,5,7,9,11-13H2,1-3H3/t15-,17+,18-/m0/s1. The second kappa shape index (κ2) is 8.21. The zero-order valence-corrected chi connectivity index (χ0v) is 17.6. The van der Waals surface area contributed by atoms with Crippen molar-refractivity contribution < 1.29 is 27.9 Å². The number of piperidine rings is 1. The minimum Gasteiger partial charge on any atom is -0.391 e. The van der Waals surface area contributed by atoms with Crippen LogP contribution in [0.4, 0.5) is 13.2 Å². The monoisotopic (exact) mass is 426 g/mol. The van der Waals surface area contributed by atoms with Crippen molar-refractivity contribution >= 4 is 11.8 Å². The molecule has 0 bridgehead atoms. The maximum absolute atomic E-state index is 13.3. The number of nitrogens with zero attached hydrogens (tertiary/aromatic N) is 2. The summed E-state index contributed by atoms with van der Waals surface area (Å²) >= 11 is 0. The van der Waals surface area contributed by atoms with Gasteiger partial charge in [-0.2, -0.15) is 13.2 Å². The molecule has 2 amide bonds. The highest BCUT2D eigenvalue weighted by atomic mass is 19.4. The minimum absolute atomic E-state index is 0.0177. The van der Waals surface area contributed by atoms with E-state index in [1.165, 1.54) is 11.0 Å². The van der Waals surface area contributed by atoms with Gasteiger partial charge in [0.1, 0.15) is 0 Å². The van der Waals surface area contributed by atoms with Gasteiger partial charge in [-0.05, 0) is 37.0 Å². The van der Waals surface area contributed by atoms with E-state index in [0.29, 0.717) is 31.5 Å². The Hall–Kier alpha value is -2.09. The molecule has 2 fully saturated rings. The van der Waals surface area contributed by atoms with Crippen molar-refractivity contribution in [1.82, 2.24) is 9.80 Å². The number of carbonyl (C=O) groups excluding carboxylic acids is 2. The summed E-state index contributed by atoms with van der Waals surface area (Å²) in [5.41, 5.74) is -0.948. The normalized spacial score (nSPS) is 25.5. The van der Waals surface area contributed by atoms with Crippen LogP contribution in [0.25, 0.3) is 0 Å². The number of rotatable bonds is 2. The van der Waals surface area contributed by atoms with Crippen LogP contribution >= 0.6 is 0 Å².